The molecule has 0 saturated heterocycles. The summed E-state index contributed by atoms with van der Waals surface area (Å²) in [4.78, 5) is 0. The van der Waals surface area contributed by atoms with Crippen molar-refractivity contribution in [3.63, 3.8) is 0 Å². The van der Waals surface area contributed by atoms with E-state index in [2.05, 4.69) is 4.74 Å². The van der Waals surface area contributed by atoms with Gasteiger partial charge in [-0.1, -0.05) is 35.3 Å². The zero-order chi connectivity index (χ0) is 17.0. The summed E-state index contributed by atoms with van der Waals surface area (Å²) in [5.74, 6) is -0.123. The largest absolute Gasteiger partial charge is 0.573 e. The lowest BCUT2D eigenvalue weighted by molar-refractivity contribution is -0.274. The Bertz CT molecular complexity index is 650. The van der Waals surface area contributed by atoms with Gasteiger partial charge in [-0.2, -0.15) is 0 Å². The molecular formula is C15H11Cl2F3O3. The monoisotopic (exact) mass is 366 g/mol. The highest BCUT2D eigenvalue weighted by Gasteiger charge is 2.30. The van der Waals surface area contributed by atoms with Crippen molar-refractivity contribution in [2.75, 3.05) is 6.61 Å². The number of rotatable bonds is 5. The molecule has 0 amide bonds. The lowest BCUT2D eigenvalue weighted by Crippen LogP contribution is -2.17. The lowest BCUT2D eigenvalue weighted by Gasteiger charge is -2.11. The van der Waals surface area contributed by atoms with Crippen molar-refractivity contribution >= 4 is 23.2 Å². The van der Waals surface area contributed by atoms with Crippen LogP contribution >= 0.6 is 23.2 Å². The number of ether oxygens (including phenoxy) is 2. The highest BCUT2D eigenvalue weighted by atomic mass is 35.5. The fourth-order valence-electron chi connectivity index (χ4n) is 1.81. The number of phenolic OH excluding ortho intramolecular Hbond substituents is 1. The predicted molar refractivity (Wildman–Crippen MR) is 80.5 cm³/mol. The number of halogens is 5. The Kier molecular flexibility index (Phi) is 5.49. The van der Waals surface area contributed by atoms with Crippen molar-refractivity contribution in [3.8, 4) is 17.2 Å². The fraction of sp³-hybridized carbons (Fsp3) is 0.200. The molecule has 0 heterocycles. The molecule has 0 aromatic heterocycles. The normalized spacial score (nSPS) is 11.3. The third-order valence-corrected chi connectivity index (χ3v) is 3.34. The summed E-state index contributed by atoms with van der Waals surface area (Å²) < 4.78 is 45.4. The highest BCUT2D eigenvalue weighted by Crippen LogP contribution is 2.36. The van der Waals surface area contributed by atoms with E-state index in [0.717, 1.165) is 5.56 Å². The minimum absolute atomic E-state index is 0.0763. The predicted octanol–water partition coefficient (Wildman–Crippen LogP) is 5.22. The topological polar surface area (TPSA) is 38.7 Å². The van der Waals surface area contributed by atoms with Crippen LogP contribution in [-0.4, -0.2) is 18.1 Å². The Balaban J connectivity index is 1.92. The molecule has 0 spiro atoms. The molecule has 23 heavy (non-hydrogen) atoms. The van der Waals surface area contributed by atoms with E-state index in [-0.39, 0.29) is 33.9 Å². The molecule has 0 fully saturated rings. The van der Waals surface area contributed by atoms with Crippen LogP contribution < -0.4 is 9.47 Å². The molecule has 0 radical (unpaired) electrons. The van der Waals surface area contributed by atoms with E-state index in [1.807, 2.05) is 0 Å². The van der Waals surface area contributed by atoms with Crippen molar-refractivity contribution in [1.29, 1.82) is 0 Å². The molecule has 0 saturated carbocycles. The van der Waals surface area contributed by atoms with E-state index in [0.29, 0.717) is 6.42 Å². The Hall–Kier alpha value is -1.79. The molecule has 124 valence electrons. The molecule has 2 rings (SSSR count). The van der Waals surface area contributed by atoms with Crippen molar-refractivity contribution < 1.29 is 27.8 Å². The van der Waals surface area contributed by atoms with E-state index in [1.165, 1.54) is 36.4 Å². The molecule has 3 nitrogen and oxygen atoms in total. The molecule has 0 atom stereocenters. The Morgan fingerprint density at radius 3 is 2.09 bits per heavy atom. The molecule has 0 aliphatic heterocycles. The minimum atomic E-state index is -4.71. The molecule has 1 N–H and O–H groups in total. The first-order valence-corrected chi connectivity index (χ1v) is 7.16. The number of phenols is 1. The van der Waals surface area contributed by atoms with Gasteiger partial charge in [-0.25, -0.2) is 0 Å². The maximum Gasteiger partial charge on any atom is 0.573 e. The molecule has 0 bridgehead atoms. The van der Waals surface area contributed by atoms with Crippen LogP contribution in [0, 0.1) is 0 Å². The Morgan fingerprint density at radius 2 is 1.57 bits per heavy atom. The van der Waals surface area contributed by atoms with Gasteiger partial charge in [0.25, 0.3) is 0 Å². The van der Waals surface area contributed by atoms with Crippen LogP contribution in [0.15, 0.2) is 36.4 Å². The average Bonchev–Trinajstić information content (AvgIpc) is 2.42. The SMILES string of the molecule is Oc1cc(Cl)c(OCCc2ccc(OC(F)(F)F)cc2)c(Cl)c1. The standard InChI is InChI=1S/C15H11Cl2F3O3/c16-12-7-10(21)8-13(17)14(12)22-6-5-9-1-3-11(4-2-9)23-15(18,19)20/h1-4,7-8,21H,5-6H2. The number of hydrogen-bond donors (Lipinski definition) is 1. The second-order valence-corrected chi connectivity index (χ2v) is 5.34. The van der Waals surface area contributed by atoms with Crippen molar-refractivity contribution in [1.82, 2.24) is 0 Å². The van der Waals surface area contributed by atoms with Gasteiger partial charge >= 0.3 is 6.36 Å². The Labute approximate surface area is 140 Å². The van der Waals surface area contributed by atoms with Gasteiger partial charge in [-0.15, -0.1) is 13.2 Å². The van der Waals surface area contributed by atoms with Crippen LogP contribution in [0.2, 0.25) is 10.0 Å². The van der Waals surface area contributed by atoms with Gasteiger partial charge in [0.2, 0.25) is 0 Å². The van der Waals surface area contributed by atoms with Gasteiger partial charge in [0.1, 0.15) is 11.5 Å². The molecule has 8 heteroatoms. The van der Waals surface area contributed by atoms with Gasteiger partial charge in [-0.3, -0.25) is 0 Å². The first-order valence-electron chi connectivity index (χ1n) is 6.40. The van der Waals surface area contributed by atoms with Crippen LogP contribution in [0.25, 0.3) is 0 Å². The number of benzene rings is 2. The van der Waals surface area contributed by atoms with E-state index in [4.69, 9.17) is 27.9 Å². The summed E-state index contributed by atoms with van der Waals surface area (Å²) in [5.41, 5.74) is 0.755. The highest BCUT2D eigenvalue weighted by molar-refractivity contribution is 6.37. The molecule has 0 unspecified atom stereocenters. The maximum atomic E-state index is 12.1. The molecule has 2 aromatic carbocycles. The minimum Gasteiger partial charge on any atom is -0.508 e. The molecular weight excluding hydrogens is 356 g/mol. The molecule has 0 aliphatic rings. The lowest BCUT2D eigenvalue weighted by atomic mass is 10.1. The number of hydrogen-bond acceptors (Lipinski definition) is 3. The van der Waals surface area contributed by atoms with E-state index in [1.54, 1.807) is 0 Å². The summed E-state index contributed by atoms with van der Waals surface area (Å²) in [5, 5.41) is 9.65. The fourth-order valence-corrected chi connectivity index (χ4v) is 2.40. The van der Waals surface area contributed by atoms with E-state index in [9.17, 15) is 18.3 Å². The smallest absolute Gasteiger partial charge is 0.508 e. The van der Waals surface area contributed by atoms with E-state index >= 15 is 0 Å². The van der Waals surface area contributed by atoms with Gasteiger partial charge in [0, 0.05) is 18.6 Å². The number of aromatic hydroxyl groups is 1. The second kappa shape index (κ2) is 7.19. The van der Waals surface area contributed by atoms with Crippen molar-refractivity contribution in [2.45, 2.75) is 12.8 Å². The summed E-state index contributed by atoms with van der Waals surface area (Å²) in [6.45, 7) is 0.212. The maximum absolute atomic E-state index is 12.1. The van der Waals surface area contributed by atoms with Crippen molar-refractivity contribution in [2.24, 2.45) is 0 Å². The van der Waals surface area contributed by atoms with Gasteiger partial charge in [-0.05, 0) is 17.7 Å². The van der Waals surface area contributed by atoms with Gasteiger partial charge in [0.15, 0.2) is 5.75 Å². The molecule has 0 aliphatic carbocycles. The number of alkyl halides is 3. The quantitative estimate of drug-likeness (QED) is 0.788. The van der Waals surface area contributed by atoms with Crippen LogP contribution in [0.1, 0.15) is 5.56 Å². The Morgan fingerprint density at radius 1 is 1.00 bits per heavy atom. The van der Waals surface area contributed by atoms with Crippen LogP contribution in [0.4, 0.5) is 13.2 Å². The zero-order valence-electron chi connectivity index (χ0n) is 11.5. The second-order valence-electron chi connectivity index (χ2n) is 4.53. The van der Waals surface area contributed by atoms with E-state index < -0.39 is 6.36 Å². The summed E-state index contributed by atoms with van der Waals surface area (Å²) in [6, 6.07) is 8.06. The summed E-state index contributed by atoms with van der Waals surface area (Å²) in [7, 11) is 0. The summed E-state index contributed by atoms with van der Waals surface area (Å²) in [6.07, 6.45) is -4.28. The van der Waals surface area contributed by atoms with Gasteiger partial charge < -0.3 is 14.6 Å². The third kappa shape index (κ3) is 5.41. The van der Waals surface area contributed by atoms with Crippen LogP contribution in [0.3, 0.4) is 0 Å². The third-order valence-electron chi connectivity index (χ3n) is 2.78. The first kappa shape index (κ1) is 17.6. The zero-order valence-corrected chi connectivity index (χ0v) is 13.0. The average molecular weight is 367 g/mol. The first-order chi connectivity index (χ1) is 10.7. The van der Waals surface area contributed by atoms with Crippen LogP contribution in [-0.2, 0) is 6.42 Å². The van der Waals surface area contributed by atoms with Gasteiger partial charge in [0.05, 0.1) is 16.7 Å². The van der Waals surface area contributed by atoms with Crippen LogP contribution in [0.5, 0.6) is 17.2 Å². The molecule has 2 aromatic rings. The summed E-state index contributed by atoms with van der Waals surface area (Å²) >= 11 is 11.8. The van der Waals surface area contributed by atoms with Crippen molar-refractivity contribution in [3.05, 3.63) is 52.0 Å².